The minimum absolute atomic E-state index is 0.266. The maximum absolute atomic E-state index is 13.0. The molecule has 3 aromatic carbocycles. The Morgan fingerprint density at radius 3 is 2.30 bits per heavy atom. The molecule has 0 N–H and O–H groups in total. The first kappa shape index (κ1) is 19.1. The van der Waals surface area contributed by atoms with Crippen molar-refractivity contribution < 1.29 is 13.2 Å². The standard InChI is InChI=1S/C22H23NO3S/c1-17-12-13-18(2)22(14-17)27(24,25)23(3)16-19-8-7-11-21(15-19)26-20-9-5-4-6-10-20/h4-15H,16H2,1-3H3. The molecule has 0 aliphatic carbocycles. The molecule has 0 aliphatic heterocycles. The van der Waals surface area contributed by atoms with E-state index in [0.29, 0.717) is 10.6 Å². The summed E-state index contributed by atoms with van der Waals surface area (Å²) >= 11 is 0. The number of rotatable bonds is 6. The van der Waals surface area contributed by atoms with Gasteiger partial charge in [0.05, 0.1) is 4.90 Å². The molecule has 0 atom stereocenters. The third-order valence-electron chi connectivity index (χ3n) is 4.31. The van der Waals surface area contributed by atoms with Crippen LogP contribution in [0.5, 0.6) is 11.5 Å². The molecule has 0 saturated heterocycles. The van der Waals surface area contributed by atoms with Crippen molar-refractivity contribution >= 4 is 10.0 Å². The molecule has 0 unspecified atom stereocenters. The Morgan fingerprint density at radius 2 is 1.56 bits per heavy atom. The van der Waals surface area contributed by atoms with Gasteiger partial charge >= 0.3 is 0 Å². The zero-order valence-electron chi connectivity index (χ0n) is 15.7. The summed E-state index contributed by atoms with van der Waals surface area (Å²) in [4.78, 5) is 0.349. The first-order chi connectivity index (χ1) is 12.9. The van der Waals surface area contributed by atoms with Crippen molar-refractivity contribution in [3.63, 3.8) is 0 Å². The average Bonchev–Trinajstić information content (AvgIpc) is 2.64. The molecule has 0 heterocycles. The van der Waals surface area contributed by atoms with Gasteiger partial charge in [-0.15, -0.1) is 0 Å². The number of hydrogen-bond donors (Lipinski definition) is 0. The summed E-state index contributed by atoms with van der Waals surface area (Å²) < 4.78 is 33.2. The molecule has 0 saturated carbocycles. The molecule has 4 nitrogen and oxygen atoms in total. The number of benzene rings is 3. The van der Waals surface area contributed by atoms with E-state index in [9.17, 15) is 8.42 Å². The van der Waals surface area contributed by atoms with E-state index >= 15 is 0 Å². The lowest BCUT2D eigenvalue weighted by Gasteiger charge is -2.19. The Hall–Kier alpha value is -2.63. The molecule has 0 amide bonds. The van der Waals surface area contributed by atoms with Gasteiger partial charge in [-0.05, 0) is 60.9 Å². The highest BCUT2D eigenvalue weighted by atomic mass is 32.2. The monoisotopic (exact) mass is 381 g/mol. The summed E-state index contributed by atoms with van der Waals surface area (Å²) in [5.41, 5.74) is 2.53. The van der Waals surface area contributed by atoms with Crippen molar-refractivity contribution in [2.24, 2.45) is 0 Å². The second kappa shape index (κ2) is 7.94. The van der Waals surface area contributed by atoms with E-state index in [1.54, 1.807) is 13.1 Å². The minimum Gasteiger partial charge on any atom is -0.457 e. The van der Waals surface area contributed by atoms with Crippen LogP contribution in [0.3, 0.4) is 0 Å². The van der Waals surface area contributed by atoms with Crippen LogP contribution >= 0.6 is 0 Å². The molecule has 3 rings (SSSR count). The Balaban J connectivity index is 1.80. The number of hydrogen-bond acceptors (Lipinski definition) is 3. The molecule has 0 aliphatic rings. The number of nitrogens with zero attached hydrogens (tertiary/aromatic N) is 1. The normalized spacial score (nSPS) is 11.6. The van der Waals surface area contributed by atoms with E-state index in [4.69, 9.17) is 4.74 Å². The highest BCUT2D eigenvalue weighted by Gasteiger charge is 2.23. The van der Waals surface area contributed by atoms with Gasteiger partial charge in [-0.3, -0.25) is 0 Å². The van der Waals surface area contributed by atoms with Crippen molar-refractivity contribution in [1.29, 1.82) is 0 Å². The van der Waals surface area contributed by atoms with Crippen molar-refractivity contribution in [2.75, 3.05) is 7.05 Å². The van der Waals surface area contributed by atoms with E-state index < -0.39 is 10.0 Å². The molecule has 140 valence electrons. The lowest BCUT2D eigenvalue weighted by molar-refractivity contribution is 0.460. The summed E-state index contributed by atoms with van der Waals surface area (Å²) in [6.45, 7) is 3.97. The zero-order valence-corrected chi connectivity index (χ0v) is 16.5. The fourth-order valence-electron chi connectivity index (χ4n) is 2.83. The van der Waals surface area contributed by atoms with E-state index in [-0.39, 0.29) is 6.54 Å². The molecule has 5 heteroatoms. The molecular weight excluding hydrogens is 358 g/mol. The van der Waals surface area contributed by atoms with Crippen LogP contribution in [-0.2, 0) is 16.6 Å². The number of aryl methyl sites for hydroxylation is 2. The van der Waals surface area contributed by atoms with Crippen molar-refractivity contribution in [3.05, 3.63) is 89.5 Å². The van der Waals surface area contributed by atoms with E-state index in [0.717, 1.165) is 22.4 Å². The Morgan fingerprint density at radius 1 is 0.852 bits per heavy atom. The SMILES string of the molecule is Cc1ccc(C)c(S(=O)(=O)N(C)Cc2cccc(Oc3ccccc3)c2)c1. The molecule has 27 heavy (non-hydrogen) atoms. The summed E-state index contributed by atoms with van der Waals surface area (Å²) in [5.74, 6) is 1.42. The topological polar surface area (TPSA) is 46.6 Å². The molecule has 3 aromatic rings. The number of para-hydroxylation sites is 1. The third-order valence-corrected chi connectivity index (χ3v) is 6.26. The van der Waals surface area contributed by atoms with Gasteiger partial charge in [-0.1, -0.05) is 42.5 Å². The maximum atomic E-state index is 13.0. The smallest absolute Gasteiger partial charge is 0.243 e. The summed E-state index contributed by atoms with van der Waals surface area (Å²) in [6, 6.07) is 22.5. The van der Waals surface area contributed by atoms with Gasteiger partial charge in [0.2, 0.25) is 10.0 Å². The van der Waals surface area contributed by atoms with Crippen LogP contribution in [0.1, 0.15) is 16.7 Å². The Bertz CT molecular complexity index is 1030. The second-order valence-corrected chi connectivity index (χ2v) is 8.61. The highest BCUT2D eigenvalue weighted by molar-refractivity contribution is 7.89. The predicted octanol–water partition coefficient (Wildman–Crippen LogP) is 4.92. The summed E-state index contributed by atoms with van der Waals surface area (Å²) in [5, 5.41) is 0. The van der Waals surface area contributed by atoms with Crippen LogP contribution in [0.15, 0.2) is 77.7 Å². The van der Waals surface area contributed by atoms with Crippen LogP contribution in [0, 0.1) is 13.8 Å². The lowest BCUT2D eigenvalue weighted by atomic mass is 10.2. The van der Waals surface area contributed by atoms with Crippen LogP contribution in [0.4, 0.5) is 0 Å². The van der Waals surface area contributed by atoms with Crippen LogP contribution in [0.25, 0.3) is 0 Å². The van der Waals surface area contributed by atoms with Gasteiger partial charge in [0, 0.05) is 13.6 Å². The average molecular weight is 381 g/mol. The predicted molar refractivity (Wildman–Crippen MR) is 108 cm³/mol. The first-order valence-corrected chi connectivity index (χ1v) is 10.2. The van der Waals surface area contributed by atoms with Gasteiger partial charge in [-0.2, -0.15) is 4.31 Å². The van der Waals surface area contributed by atoms with Crippen molar-refractivity contribution in [1.82, 2.24) is 4.31 Å². The first-order valence-electron chi connectivity index (χ1n) is 8.72. The van der Waals surface area contributed by atoms with E-state index in [2.05, 4.69) is 0 Å². The molecule has 0 aromatic heterocycles. The van der Waals surface area contributed by atoms with Crippen LogP contribution < -0.4 is 4.74 Å². The summed E-state index contributed by atoms with van der Waals surface area (Å²) in [6.07, 6.45) is 0. The number of sulfonamides is 1. The fraction of sp³-hybridized carbons (Fsp3) is 0.182. The molecule has 0 radical (unpaired) electrons. The maximum Gasteiger partial charge on any atom is 0.243 e. The Kier molecular flexibility index (Phi) is 5.63. The van der Waals surface area contributed by atoms with Crippen LogP contribution in [0.2, 0.25) is 0 Å². The van der Waals surface area contributed by atoms with E-state index in [1.165, 1.54) is 4.31 Å². The highest BCUT2D eigenvalue weighted by Crippen LogP contribution is 2.25. The van der Waals surface area contributed by atoms with Gasteiger partial charge in [-0.25, -0.2) is 8.42 Å². The zero-order chi connectivity index (χ0) is 19.4. The fourth-order valence-corrected chi connectivity index (χ4v) is 4.29. The van der Waals surface area contributed by atoms with Crippen LogP contribution in [-0.4, -0.2) is 19.8 Å². The van der Waals surface area contributed by atoms with Gasteiger partial charge in [0.1, 0.15) is 11.5 Å². The van der Waals surface area contributed by atoms with Gasteiger partial charge in [0.25, 0.3) is 0 Å². The number of ether oxygens (including phenoxy) is 1. The quantitative estimate of drug-likeness (QED) is 0.609. The van der Waals surface area contributed by atoms with Crippen molar-refractivity contribution in [3.8, 4) is 11.5 Å². The third kappa shape index (κ3) is 4.56. The molecule has 0 bridgehead atoms. The minimum atomic E-state index is -3.57. The second-order valence-electron chi connectivity index (χ2n) is 6.59. The molecule has 0 fully saturated rings. The van der Waals surface area contributed by atoms with E-state index in [1.807, 2.05) is 80.6 Å². The summed E-state index contributed by atoms with van der Waals surface area (Å²) in [7, 11) is -1.97. The Labute approximate surface area is 161 Å². The van der Waals surface area contributed by atoms with Gasteiger partial charge in [0.15, 0.2) is 0 Å². The molecular formula is C22H23NO3S. The largest absolute Gasteiger partial charge is 0.457 e. The van der Waals surface area contributed by atoms with Crippen molar-refractivity contribution in [2.45, 2.75) is 25.3 Å². The molecule has 0 spiro atoms. The lowest BCUT2D eigenvalue weighted by Crippen LogP contribution is -2.27. The van der Waals surface area contributed by atoms with Gasteiger partial charge < -0.3 is 4.74 Å².